The van der Waals surface area contributed by atoms with Crippen LogP contribution in [0.1, 0.15) is 18.0 Å². The van der Waals surface area contributed by atoms with Gasteiger partial charge in [0.15, 0.2) is 0 Å². The lowest BCUT2D eigenvalue weighted by atomic mass is 10.2. The summed E-state index contributed by atoms with van der Waals surface area (Å²) in [5.41, 5.74) is 2.24. The minimum absolute atomic E-state index is 0.214. The van der Waals surface area contributed by atoms with Gasteiger partial charge in [0, 0.05) is 34.4 Å². The quantitative estimate of drug-likeness (QED) is 0.771. The molecule has 3 rings (SSSR count). The molecule has 2 heterocycles. The smallest absolute Gasteiger partial charge is 0.123 e. The van der Waals surface area contributed by atoms with Crippen molar-refractivity contribution in [1.82, 2.24) is 9.97 Å². The molecular formula is C14H13N3S2. The number of aromatic nitrogens is 2. The van der Waals surface area contributed by atoms with E-state index in [4.69, 9.17) is 0 Å². The summed E-state index contributed by atoms with van der Waals surface area (Å²) in [4.78, 5) is 8.67. The molecule has 0 spiro atoms. The van der Waals surface area contributed by atoms with Crippen LogP contribution in [0, 0.1) is 0 Å². The zero-order chi connectivity index (χ0) is 13.1. The molecule has 0 amide bonds. The molecule has 0 aliphatic carbocycles. The maximum absolute atomic E-state index is 4.34. The normalized spacial score (nSPS) is 12.3. The molecule has 1 N–H and O–H groups in total. The van der Waals surface area contributed by atoms with Gasteiger partial charge in [-0.2, -0.15) is 0 Å². The van der Waals surface area contributed by atoms with Crippen LogP contribution in [0.3, 0.4) is 0 Å². The van der Waals surface area contributed by atoms with E-state index in [1.54, 1.807) is 22.7 Å². The molecule has 5 heteroatoms. The van der Waals surface area contributed by atoms with E-state index in [-0.39, 0.29) is 6.04 Å². The minimum atomic E-state index is 0.214. The molecule has 0 saturated carbocycles. The first-order valence-corrected chi connectivity index (χ1v) is 7.75. The van der Waals surface area contributed by atoms with Gasteiger partial charge in [-0.25, -0.2) is 9.97 Å². The van der Waals surface area contributed by atoms with Crippen molar-refractivity contribution in [3.63, 3.8) is 0 Å². The summed E-state index contributed by atoms with van der Waals surface area (Å²) in [5.74, 6) is 0. The number of nitrogens with zero attached hydrogens (tertiary/aromatic N) is 2. The van der Waals surface area contributed by atoms with Crippen LogP contribution in [0.25, 0.3) is 10.6 Å². The van der Waals surface area contributed by atoms with Crippen LogP contribution in [0.5, 0.6) is 0 Å². The summed E-state index contributed by atoms with van der Waals surface area (Å²) < 4.78 is 0. The van der Waals surface area contributed by atoms with E-state index in [1.807, 2.05) is 29.2 Å². The molecular weight excluding hydrogens is 274 g/mol. The molecule has 1 unspecified atom stereocenters. The number of anilines is 1. The average Bonchev–Trinajstić information content (AvgIpc) is 3.13. The summed E-state index contributed by atoms with van der Waals surface area (Å²) in [5, 5.41) is 9.61. The predicted octanol–water partition coefficient (Wildman–Crippen LogP) is 4.44. The highest BCUT2D eigenvalue weighted by atomic mass is 32.1. The van der Waals surface area contributed by atoms with Gasteiger partial charge in [0.05, 0.1) is 6.04 Å². The standard InChI is InChI=1S/C14H13N3S2/c1-10(13-15-5-7-18-13)17-12-4-2-3-11(9-12)14-16-6-8-19-14/h2-10,17H,1H3. The van der Waals surface area contributed by atoms with Crippen molar-refractivity contribution in [1.29, 1.82) is 0 Å². The van der Waals surface area contributed by atoms with Gasteiger partial charge in [-0.1, -0.05) is 12.1 Å². The molecule has 19 heavy (non-hydrogen) atoms. The molecule has 0 fully saturated rings. The first kappa shape index (κ1) is 12.3. The van der Waals surface area contributed by atoms with E-state index >= 15 is 0 Å². The van der Waals surface area contributed by atoms with Crippen molar-refractivity contribution in [3.05, 3.63) is 52.4 Å². The first-order chi connectivity index (χ1) is 9.33. The second-order valence-electron chi connectivity index (χ2n) is 4.15. The zero-order valence-corrected chi connectivity index (χ0v) is 12.0. The van der Waals surface area contributed by atoms with E-state index in [0.717, 1.165) is 21.3 Å². The zero-order valence-electron chi connectivity index (χ0n) is 10.4. The number of thiazole rings is 2. The lowest BCUT2D eigenvalue weighted by Gasteiger charge is -2.13. The largest absolute Gasteiger partial charge is 0.376 e. The van der Waals surface area contributed by atoms with E-state index in [1.165, 1.54) is 0 Å². The van der Waals surface area contributed by atoms with Gasteiger partial charge >= 0.3 is 0 Å². The highest BCUT2D eigenvalue weighted by Gasteiger charge is 2.08. The lowest BCUT2D eigenvalue weighted by molar-refractivity contribution is 0.870. The Kier molecular flexibility index (Phi) is 3.57. The topological polar surface area (TPSA) is 37.8 Å². The third-order valence-corrected chi connectivity index (χ3v) is 4.53. The third kappa shape index (κ3) is 2.83. The van der Waals surface area contributed by atoms with Gasteiger partial charge < -0.3 is 5.32 Å². The Morgan fingerprint density at radius 2 is 1.95 bits per heavy atom. The van der Waals surface area contributed by atoms with E-state index in [0.29, 0.717) is 0 Å². The van der Waals surface area contributed by atoms with E-state index in [9.17, 15) is 0 Å². The van der Waals surface area contributed by atoms with Crippen molar-refractivity contribution in [3.8, 4) is 10.6 Å². The predicted molar refractivity (Wildman–Crippen MR) is 81.7 cm³/mol. The number of benzene rings is 1. The Bertz CT molecular complexity index is 633. The Labute approximate surface area is 120 Å². The van der Waals surface area contributed by atoms with Crippen LogP contribution in [-0.4, -0.2) is 9.97 Å². The fourth-order valence-corrected chi connectivity index (χ4v) is 3.15. The Morgan fingerprint density at radius 1 is 1.11 bits per heavy atom. The number of hydrogen-bond donors (Lipinski definition) is 1. The SMILES string of the molecule is CC(Nc1cccc(-c2nccs2)c1)c1nccs1. The van der Waals surface area contributed by atoms with Crippen molar-refractivity contribution in [2.45, 2.75) is 13.0 Å². The van der Waals surface area contributed by atoms with Crippen LogP contribution < -0.4 is 5.32 Å². The molecule has 0 bridgehead atoms. The molecule has 2 aromatic heterocycles. The molecule has 0 aliphatic heterocycles. The Hall–Kier alpha value is -1.72. The molecule has 0 radical (unpaired) electrons. The van der Waals surface area contributed by atoms with Crippen molar-refractivity contribution < 1.29 is 0 Å². The van der Waals surface area contributed by atoms with Crippen LogP contribution in [0.4, 0.5) is 5.69 Å². The van der Waals surface area contributed by atoms with Gasteiger partial charge in [0.1, 0.15) is 10.0 Å². The van der Waals surface area contributed by atoms with Gasteiger partial charge in [0.2, 0.25) is 0 Å². The summed E-state index contributed by atoms with van der Waals surface area (Å²) in [7, 11) is 0. The molecule has 96 valence electrons. The van der Waals surface area contributed by atoms with Gasteiger partial charge in [-0.3, -0.25) is 0 Å². The van der Waals surface area contributed by atoms with Crippen LogP contribution in [0.15, 0.2) is 47.4 Å². The Morgan fingerprint density at radius 3 is 2.68 bits per heavy atom. The van der Waals surface area contributed by atoms with Gasteiger partial charge in [-0.05, 0) is 19.1 Å². The summed E-state index contributed by atoms with van der Waals surface area (Å²) >= 11 is 3.32. The van der Waals surface area contributed by atoms with E-state index in [2.05, 4.69) is 40.4 Å². The summed E-state index contributed by atoms with van der Waals surface area (Å²) in [6.45, 7) is 2.12. The monoisotopic (exact) mass is 287 g/mol. The van der Waals surface area contributed by atoms with Crippen molar-refractivity contribution in [2.75, 3.05) is 5.32 Å². The maximum atomic E-state index is 4.34. The molecule has 0 aliphatic rings. The fourth-order valence-electron chi connectivity index (χ4n) is 1.87. The molecule has 3 nitrogen and oxygen atoms in total. The van der Waals surface area contributed by atoms with Crippen LogP contribution in [-0.2, 0) is 0 Å². The molecule has 1 atom stereocenters. The van der Waals surface area contributed by atoms with E-state index < -0.39 is 0 Å². The fraction of sp³-hybridized carbons (Fsp3) is 0.143. The third-order valence-electron chi connectivity index (χ3n) is 2.75. The second-order valence-corrected chi connectivity index (χ2v) is 5.98. The highest BCUT2D eigenvalue weighted by Crippen LogP contribution is 2.26. The average molecular weight is 287 g/mol. The van der Waals surface area contributed by atoms with Gasteiger partial charge in [0.25, 0.3) is 0 Å². The number of hydrogen-bond acceptors (Lipinski definition) is 5. The maximum Gasteiger partial charge on any atom is 0.123 e. The lowest BCUT2D eigenvalue weighted by Crippen LogP contribution is -2.05. The minimum Gasteiger partial charge on any atom is -0.376 e. The van der Waals surface area contributed by atoms with Crippen molar-refractivity contribution in [2.24, 2.45) is 0 Å². The first-order valence-electron chi connectivity index (χ1n) is 5.99. The van der Waals surface area contributed by atoms with Crippen LogP contribution in [0.2, 0.25) is 0 Å². The molecule has 0 saturated heterocycles. The van der Waals surface area contributed by atoms with Gasteiger partial charge in [-0.15, -0.1) is 22.7 Å². The molecule has 3 aromatic rings. The Balaban J connectivity index is 1.80. The number of nitrogens with one attached hydrogen (secondary N) is 1. The van der Waals surface area contributed by atoms with Crippen LogP contribution >= 0.6 is 22.7 Å². The summed E-state index contributed by atoms with van der Waals surface area (Å²) in [6, 6.07) is 8.54. The highest BCUT2D eigenvalue weighted by molar-refractivity contribution is 7.13. The summed E-state index contributed by atoms with van der Waals surface area (Å²) in [6.07, 6.45) is 3.67. The van der Waals surface area contributed by atoms with Crippen molar-refractivity contribution >= 4 is 28.4 Å². The number of rotatable bonds is 4. The second kappa shape index (κ2) is 5.50. The molecule has 1 aromatic carbocycles.